The maximum atomic E-state index is 10.4. The van der Waals surface area contributed by atoms with Gasteiger partial charge >= 0.3 is 0 Å². The Hall–Kier alpha value is -1.94. The van der Waals surface area contributed by atoms with Crippen molar-refractivity contribution in [2.24, 2.45) is 0 Å². The Morgan fingerprint density at radius 1 is 1.31 bits per heavy atom. The summed E-state index contributed by atoms with van der Waals surface area (Å²) < 4.78 is 7.20. The normalized spacial score (nSPS) is 10.2. The van der Waals surface area contributed by atoms with Crippen molar-refractivity contribution in [1.29, 1.82) is 0 Å². The van der Waals surface area contributed by atoms with Gasteiger partial charge in [0.05, 0.1) is 12.9 Å². The van der Waals surface area contributed by atoms with Crippen molar-refractivity contribution < 1.29 is 9.53 Å². The van der Waals surface area contributed by atoms with Crippen LogP contribution in [0.15, 0.2) is 42.9 Å². The van der Waals surface area contributed by atoms with E-state index in [2.05, 4.69) is 4.98 Å². The molecule has 0 bridgehead atoms. The molecule has 0 spiro atoms. The fourth-order valence-corrected chi connectivity index (χ4v) is 1.35. The summed E-state index contributed by atoms with van der Waals surface area (Å²) in [6, 6.07) is 9.92. The molecule has 4 heteroatoms. The number of ether oxygens (including phenoxy) is 1. The van der Waals surface area contributed by atoms with Crippen LogP contribution in [-0.2, 0) is 18.1 Å². The van der Waals surface area contributed by atoms with Gasteiger partial charge in [0.25, 0.3) is 0 Å². The van der Waals surface area contributed by atoms with Gasteiger partial charge < -0.3 is 9.30 Å². The van der Waals surface area contributed by atoms with Gasteiger partial charge in [-0.2, -0.15) is 0 Å². The molecule has 0 aliphatic carbocycles. The van der Waals surface area contributed by atoms with Crippen LogP contribution >= 0.6 is 0 Å². The molecule has 2 rings (SSSR count). The van der Waals surface area contributed by atoms with E-state index >= 15 is 0 Å². The first-order valence-corrected chi connectivity index (χ1v) is 4.97. The number of carbonyl (C=O) groups is 1. The topological polar surface area (TPSA) is 44.1 Å². The van der Waals surface area contributed by atoms with Crippen molar-refractivity contribution in [1.82, 2.24) is 9.55 Å². The number of benzene rings is 1. The quantitative estimate of drug-likeness (QED) is 0.717. The summed E-state index contributed by atoms with van der Waals surface area (Å²) in [4.78, 5) is 14.3. The molecule has 0 amide bonds. The summed E-state index contributed by atoms with van der Waals surface area (Å²) >= 11 is 0. The van der Waals surface area contributed by atoms with Crippen LogP contribution in [-0.4, -0.2) is 15.8 Å². The van der Waals surface area contributed by atoms with E-state index in [1.54, 1.807) is 17.1 Å². The molecule has 0 N–H and O–H groups in total. The van der Waals surface area contributed by atoms with Crippen molar-refractivity contribution in [3.05, 3.63) is 54.1 Å². The molecule has 1 aromatic carbocycles. The molecule has 16 heavy (non-hydrogen) atoms. The number of nitrogens with zero attached hydrogens (tertiary/aromatic N) is 2. The van der Waals surface area contributed by atoms with Gasteiger partial charge in [0.15, 0.2) is 6.29 Å². The maximum absolute atomic E-state index is 10.4. The van der Waals surface area contributed by atoms with Crippen molar-refractivity contribution in [2.75, 3.05) is 0 Å². The average Bonchev–Trinajstić information content (AvgIpc) is 2.78. The second-order valence-electron chi connectivity index (χ2n) is 3.39. The monoisotopic (exact) mass is 216 g/mol. The second kappa shape index (κ2) is 5.23. The molecule has 0 radical (unpaired) electrons. The molecule has 0 saturated heterocycles. The highest BCUT2D eigenvalue weighted by Gasteiger charge is 1.96. The van der Waals surface area contributed by atoms with E-state index in [4.69, 9.17) is 4.74 Å². The minimum Gasteiger partial charge on any atom is -0.356 e. The molecule has 1 aromatic heterocycles. The fraction of sp³-hybridized carbons (Fsp3) is 0.167. The van der Waals surface area contributed by atoms with E-state index in [1.165, 1.54) is 0 Å². The lowest BCUT2D eigenvalue weighted by Gasteiger charge is -2.04. The zero-order chi connectivity index (χ0) is 11.2. The Morgan fingerprint density at radius 2 is 2.12 bits per heavy atom. The zero-order valence-electron chi connectivity index (χ0n) is 8.74. The van der Waals surface area contributed by atoms with Gasteiger partial charge in [0.1, 0.15) is 12.4 Å². The third-order valence-corrected chi connectivity index (χ3v) is 2.13. The number of imidazole rings is 1. The lowest BCUT2D eigenvalue weighted by molar-refractivity contribution is 0.0639. The van der Waals surface area contributed by atoms with Crippen LogP contribution in [0.25, 0.3) is 0 Å². The van der Waals surface area contributed by atoms with E-state index in [0.717, 1.165) is 5.56 Å². The summed E-state index contributed by atoms with van der Waals surface area (Å²) in [7, 11) is 0. The summed E-state index contributed by atoms with van der Waals surface area (Å²) in [6.45, 7) is 0.950. The Bertz CT molecular complexity index is 451. The second-order valence-corrected chi connectivity index (χ2v) is 3.39. The molecule has 0 atom stereocenters. The minimum atomic E-state index is 0.399. The highest BCUT2D eigenvalue weighted by molar-refractivity contribution is 5.70. The summed E-state index contributed by atoms with van der Waals surface area (Å²) in [5.74, 6) is 0. The van der Waals surface area contributed by atoms with Gasteiger partial charge in [0, 0.05) is 6.20 Å². The van der Waals surface area contributed by atoms with Crippen LogP contribution in [0.2, 0.25) is 0 Å². The van der Waals surface area contributed by atoms with E-state index in [9.17, 15) is 4.79 Å². The Morgan fingerprint density at radius 3 is 2.81 bits per heavy atom. The standard InChI is InChI=1S/C12H12N2O2/c15-7-12-6-14(9-13-12)10-16-8-11-4-2-1-3-5-11/h1-7,9H,8,10H2. The lowest BCUT2D eigenvalue weighted by Crippen LogP contribution is -2.00. The maximum Gasteiger partial charge on any atom is 0.169 e. The molecule has 0 aliphatic heterocycles. The van der Waals surface area contributed by atoms with Gasteiger partial charge in [-0.05, 0) is 5.56 Å². The van der Waals surface area contributed by atoms with E-state index in [1.807, 2.05) is 30.3 Å². The van der Waals surface area contributed by atoms with Gasteiger partial charge in [-0.15, -0.1) is 0 Å². The largest absolute Gasteiger partial charge is 0.356 e. The van der Waals surface area contributed by atoms with Crippen LogP contribution < -0.4 is 0 Å². The molecule has 0 saturated carbocycles. The molecular weight excluding hydrogens is 204 g/mol. The van der Waals surface area contributed by atoms with Crippen LogP contribution in [0.4, 0.5) is 0 Å². The number of carbonyl (C=O) groups excluding carboxylic acids is 1. The number of aromatic nitrogens is 2. The molecule has 4 nitrogen and oxygen atoms in total. The zero-order valence-corrected chi connectivity index (χ0v) is 8.74. The van der Waals surface area contributed by atoms with Gasteiger partial charge in [-0.25, -0.2) is 4.98 Å². The Balaban J connectivity index is 1.82. The van der Waals surface area contributed by atoms with E-state index in [0.29, 0.717) is 25.3 Å². The van der Waals surface area contributed by atoms with Crippen molar-refractivity contribution in [2.45, 2.75) is 13.3 Å². The van der Waals surface area contributed by atoms with Crippen molar-refractivity contribution >= 4 is 6.29 Å². The summed E-state index contributed by atoms with van der Waals surface area (Å²) in [5.41, 5.74) is 1.54. The average molecular weight is 216 g/mol. The third kappa shape index (κ3) is 2.77. The number of rotatable bonds is 5. The number of hydrogen-bond acceptors (Lipinski definition) is 3. The van der Waals surface area contributed by atoms with Gasteiger partial charge in [-0.3, -0.25) is 4.79 Å². The first-order valence-electron chi connectivity index (χ1n) is 4.97. The first-order chi connectivity index (χ1) is 7.88. The Labute approximate surface area is 93.5 Å². The predicted octanol–water partition coefficient (Wildman–Crippen LogP) is 1.87. The SMILES string of the molecule is O=Cc1cn(COCc2ccccc2)cn1. The van der Waals surface area contributed by atoms with E-state index in [-0.39, 0.29) is 0 Å². The van der Waals surface area contributed by atoms with Gasteiger partial charge in [-0.1, -0.05) is 30.3 Å². The molecule has 2 aromatic rings. The Kier molecular flexibility index (Phi) is 3.46. The fourth-order valence-electron chi connectivity index (χ4n) is 1.35. The van der Waals surface area contributed by atoms with Gasteiger partial charge in [0.2, 0.25) is 0 Å². The molecule has 0 fully saturated rings. The summed E-state index contributed by atoms with van der Waals surface area (Å²) in [5, 5.41) is 0. The summed E-state index contributed by atoms with van der Waals surface area (Å²) in [6.07, 6.45) is 3.94. The third-order valence-electron chi connectivity index (χ3n) is 2.13. The van der Waals surface area contributed by atoms with Crippen LogP contribution in [0.5, 0.6) is 0 Å². The lowest BCUT2D eigenvalue weighted by atomic mass is 10.2. The molecule has 1 heterocycles. The van der Waals surface area contributed by atoms with Crippen molar-refractivity contribution in [3.63, 3.8) is 0 Å². The molecule has 0 unspecified atom stereocenters. The van der Waals surface area contributed by atoms with Crippen LogP contribution in [0.1, 0.15) is 16.1 Å². The smallest absolute Gasteiger partial charge is 0.169 e. The van der Waals surface area contributed by atoms with Crippen LogP contribution in [0, 0.1) is 0 Å². The highest BCUT2D eigenvalue weighted by atomic mass is 16.5. The number of hydrogen-bond donors (Lipinski definition) is 0. The highest BCUT2D eigenvalue weighted by Crippen LogP contribution is 2.01. The predicted molar refractivity (Wildman–Crippen MR) is 58.8 cm³/mol. The van der Waals surface area contributed by atoms with Crippen LogP contribution in [0.3, 0.4) is 0 Å². The van der Waals surface area contributed by atoms with Crippen molar-refractivity contribution in [3.8, 4) is 0 Å². The minimum absolute atomic E-state index is 0.399. The molecule has 0 aliphatic rings. The van der Waals surface area contributed by atoms with E-state index < -0.39 is 0 Å². The molecular formula is C12H12N2O2. The molecule has 82 valence electrons. The first kappa shape index (κ1) is 10.6. The number of aldehydes is 1.